The van der Waals surface area contributed by atoms with Crippen LogP contribution in [0.2, 0.25) is 15.1 Å². The molecule has 0 bridgehead atoms. The number of carbonyl (C=O) groups excluding carboxylic acids is 1. The standard InChI is InChI=1S/C13H9Cl3F3N3O/c1-6-10(15)12(13(17,18)19)21-22(6)5-9(23)20-8-4-2-3-7(14)11(8)16/h2-4H,5H2,1H3,(H,20,23). The maximum atomic E-state index is 12.7. The molecule has 0 aliphatic heterocycles. The lowest BCUT2D eigenvalue weighted by Crippen LogP contribution is -2.21. The third kappa shape index (κ3) is 3.91. The summed E-state index contributed by atoms with van der Waals surface area (Å²) < 4.78 is 39.1. The molecular formula is C13H9Cl3F3N3O. The molecule has 23 heavy (non-hydrogen) atoms. The summed E-state index contributed by atoms with van der Waals surface area (Å²) in [5.41, 5.74) is -0.951. The normalized spacial score (nSPS) is 11.6. The summed E-state index contributed by atoms with van der Waals surface area (Å²) in [6.07, 6.45) is -4.69. The van der Waals surface area contributed by atoms with Crippen molar-refractivity contribution in [2.24, 2.45) is 0 Å². The van der Waals surface area contributed by atoms with E-state index >= 15 is 0 Å². The van der Waals surface area contributed by atoms with Crippen molar-refractivity contribution >= 4 is 46.4 Å². The molecule has 2 rings (SSSR count). The van der Waals surface area contributed by atoms with E-state index in [-0.39, 0.29) is 21.4 Å². The third-order valence-electron chi connectivity index (χ3n) is 2.92. The Kier molecular flexibility index (Phi) is 5.13. The molecule has 0 unspecified atom stereocenters. The van der Waals surface area contributed by atoms with Gasteiger partial charge in [0, 0.05) is 0 Å². The number of nitrogens with zero attached hydrogens (tertiary/aromatic N) is 2. The second-order valence-electron chi connectivity index (χ2n) is 4.55. The smallest absolute Gasteiger partial charge is 0.323 e. The van der Waals surface area contributed by atoms with E-state index in [1.165, 1.54) is 19.1 Å². The number of nitrogens with one attached hydrogen (secondary N) is 1. The average Bonchev–Trinajstić information content (AvgIpc) is 2.72. The fourth-order valence-corrected chi connectivity index (χ4v) is 2.38. The summed E-state index contributed by atoms with van der Waals surface area (Å²) >= 11 is 17.4. The second kappa shape index (κ2) is 6.59. The first-order chi connectivity index (χ1) is 10.6. The summed E-state index contributed by atoms with van der Waals surface area (Å²) in [7, 11) is 0. The Bertz CT molecular complexity index is 759. The molecule has 1 amide bonds. The molecule has 1 aromatic carbocycles. The van der Waals surface area contributed by atoms with Crippen molar-refractivity contribution in [3.63, 3.8) is 0 Å². The van der Waals surface area contributed by atoms with Gasteiger partial charge >= 0.3 is 6.18 Å². The fraction of sp³-hybridized carbons (Fsp3) is 0.231. The summed E-state index contributed by atoms with van der Waals surface area (Å²) in [5.74, 6) is -0.620. The van der Waals surface area contributed by atoms with E-state index < -0.39 is 29.3 Å². The Balaban J connectivity index is 2.20. The molecule has 0 radical (unpaired) electrons. The number of hydrogen-bond acceptors (Lipinski definition) is 2. The van der Waals surface area contributed by atoms with E-state index in [9.17, 15) is 18.0 Å². The molecule has 0 aliphatic rings. The van der Waals surface area contributed by atoms with Crippen molar-refractivity contribution in [1.29, 1.82) is 0 Å². The van der Waals surface area contributed by atoms with Crippen LogP contribution < -0.4 is 5.32 Å². The van der Waals surface area contributed by atoms with E-state index in [2.05, 4.69) is 10.4 Å². The van der Waals surface area contributed by atoms with Gasteiger partial charge in [-0.05, 0) is 19.1 Å². The van der Waals surface area contributed by atoms with Gasteiger partial charge in [0.1, 0.15) is 6.54 Å². The molecule has 0 saturated heterocycles. The maximum absolute atomic E-state index is 12.7. The molecule has 4 nitrogen and oxygen atoms in total. The van der Waals surface area contributed by atoms with E-state index in [0.717, 1.165) is 4.68 Å². The van der Waals surface area contributed by atoms with Gasteiger partial charge in [-0.2, -0.15) is 18.3 Å². The van der Waals surface area contributed by atoms with Crippen LogP contribution in [0.25, 0.3) is 0 Å². The highest BCUT2D eigenvalue weighted by Gasteiger charge is 2.38. The quantitative estimate of drug-likeness (QED) is 0.823. The van der Waals surface area contributed by atoms with Crippen molar-refractivity contribution in [1.82, 2.24) is 9.78 Å². The van der Waals surface area contributed by atoms with Gasteiger partial charge in [-0.15, -0.1) is 0 Å². The Morgan fingerprint density at radius 1 is 1.26 bits per heavy atom. The molecule has 1 aromatic heterocycles. The molecule has 124 valence electrons. The number of anilines is 1. The SMILES string of the molecule is Cc1c(Cl)c(C(F)(F)F)nn1CC(=O)Nc1cccc(Cl)c1Cl. The maximum Gasteiger partial charge on any atom is 0.436 e. The Hall–Kier alpha value is -1.44. The number of amides is 1. The summed E-state index contributed by atoms with van der Waals surface area (Å²) in [4.78, 5) is 12.0. The van der Waals surface area contributed by atoms with Crippen molar-refractivity contribution in [2.75, 3.05) is 5.32 Å². The van der Waals surface area contributed by atoms with Crippen molar-refractivity contribution in [3.05, 3.63) is 44.7 Å². The zero-order valence-corrected chi connectivity index (χ0v) is 13.8. The monoisotopic (exact) mass is 385 g/mol. The van der Waals surface area contributed by atoms with E-state index in [1.807, 2.05) is 0 Å². The van der Waals surface area contributed by atoms with Crippen LogP contribution in [0.5, 0.6) is 0 Å². The van der Waals surface area contributed by atoms with Gasteiger partial charge in [0.25, 0.3) is 0 Å². The van der Waals surface area contributed by atoms with Crippen LogP contribution in [0.4, 0.5) is 18.9 Å². The lowest BCUT2D eigenvalue weighted by Gasteiger charge is -2.09. The number of aromatic nitrogens is 2. The van der Waals surface area contributed by atoms with Gasteiger partial charge in [-0.1, -0.05) is 40.9 Å². The van der Waals surface area contributed by atoms with Gasteiger partial charge in [0.2, 0.25) is 5.91 Å². The minimum absolute atomic E-state index is 0.0336. The van der Waals surface area contributed by atoms with Crippen molar-refractivity contribution in [2.45, 2.75) is 19.6 Å². The number of rotatable bonds is 3. The molecule has 2 aromatic rings. The molecule has 0 atom stereocenters. The molecule has 1 heterocycles. The van der Waals surface area contributed by atoms with E-state index in [0.29, 0.717) is 0 Å². The van der Waals surface area contributed by atoms with Crippen LogP contribution in [-0.4, -0.2) is 15.7 Å². The molecule has 0 spiro atoms. The molecule has 0 saturated carbocycles. The lowest BCUT2D eigenvalue weighted by molar-refractivity contribution is -0.141. The minimum Gasteiger partial charge on any atom is -0.323 e. The first-order valence-corrected chi connectivity index (χ1v) is 7.28. The van der Waals surface area contributed by atoms with Crippen LogP contribution in [0.3, 0.4) is 0 Å². The third-order valence-corrected chi connectivity index (χ3v) is 4.19. The van der Waals surface area contributed by atoms with Crippen LogP contribution >= 0.6 is 34.8 Å². The predicted molar refractivity (Wildman–Crippen MR) is 82.1 cm³/mol. The van der Waals surface area contributed by atoms with Gasteiger partial charge in [-0.25, -0.2) is 0 Å². The second-order valence-corrected chi connectivity index (χ2v) is 5.72. The molecular weight excluding hydrogens is 378 g/mol. The summed E-state index contributed by atoms with van der Waals surface area (Å²) in [5, 5.41) is 5.63. The average molecular weight is 387 g/mol. The van der Waals surface area contributed by atoms with Crippen LogP contribution in [0.15, 0.2) is 18.2 Å². The predicted octanol–water partition coefficient (Wildman–Crippen LogP) is 4.81. The van der Waals surface area contributed by atoms with Gasteiger partial charge in [0.05, 0.1) is 26.4 Å². The Morgan fingerprint density at radius 3 is 2.48 bits per heavy atom. The zero-order valence-electron chi connectivity index (χ0n) is 11.5. The van der Waals surface area contributed by atoms with Crippen molar-refractivity contribution in [3.8, 4) is 0 Å². The van der Waals surface area contributed by atoms with Gasteiger partial charge in [-0.3, -0.25) is 9.48 Å². The van der Waals surface area contributed by atoms with Crippen LogP contribution in [-0.2, 0) is 17.5 Å². The fourth-order valence-electron chi connectivity index (χ4n) is 1.79. The van der Waals surface area contributed by atoms with Crippen LogP contribution in [0.1, 0.15) is 11.4 Å². The Labute approximate surface area is 144 Å². The highest BCUT2D eigenvalue weighted by atomic mass is 35.5. The molecule has 0 fully saturated rings. The highest BCUT2D eigenvalue weighted by molar-refractivity contribution is 6.44. The minimum atomic E-state index is -4.69. The van der Waals surface area contributed by atoms with E-state index in [4.69, 9.17) is 34.8 Å². The lowest BCUT2D eigenvalue weighted by atomic mass is 10.3. The summed E-state index contributed by atoms with van der Waals surface area (Å²) in [6.45, 7) is 0.884. The van der Waals surface area contributed by atoms with Crippen molar-refractivity contribution < 1.29 is 18.0 Å². The highest BCUT2D eigenvalue weighted by Crippen LogP contribution is 2.35. The number of hydrogen-bond donors (Lipinski definition) is 1. The van der Waals surface area contributed by atoms with Gasteiger partial charge < -0.3 is 5.32 Å². The molecule has 10 heteroatoms. The molecule has 0 aliphatic carbocycles. The number of benzene rings is 1. The first kappa shape index (κ1) is 17.9. The Morgan fingerprint density at radius 2 is 1.91 bits per heavy atom. The van der Waals surface area contributed by atoms with Crippen LogP contribution in [0, 0.1) is 6.92 Å². The first-order valence-electron chi connectivity index (χ1n) is 6.15. The van der Waals surface area contributed by atoms with Gasteiger partial charge in [0.15, 0.2) is 5.69 Å². The topological polar surface area (TPSA) is 46.9 Å². The van der Waals surface area contributed by atoms with E-state index in [1.54, 1.807) is 6.07 Å². The summed E-state index contributed by atoms with van der Waals surface area (Å²) in [6, 6.07) is 4.62. The zero-order chi connectivity index (χ0) is 17.4. The number of carbonyl (C=O) groups is 1. The largest absolute Gasteiger partial charge is 0.436 e. The number of halogens is 6. The molecule has 1 N–H and O–H groups in total. The number of alkyl halides is 3.